The third kappa shape index (κ3) is 5.39. The number of hydrogen-bond donors (Lipinski definition) is 1. The lowest BCUT2D eigenvalue weighted by Crippen LogP contribution is -2.35. The summed E-state index contributed by atoms with van der Waals surface area (Å²) in [5.74, 6) is 1.02. The van der Waals surface area contributed by atoms with Crippen molar-refractivity contribution in [3.05, 3.63) is 30.2 Å². The fourth-order valence-electron chi connectivity index (χ4n) is 4.27. The zero-order chi connectivity index (χ0) is 20.8. The molecule has 0 unspecified atom stereocenters. The molecule has 2 aliphatic heterocycles. The van der Waals surface area contributed by atoms with Crippen LogP contribution < -0.4 is 10.2 Å². The molecule has 2 saturated heterocycles. The Morgan fingerprint density at radius 1 is 1.10 bits per heavy atom. The lowest BCUT2D eigenvalue weighted by atomic mass is 9.99. The predicted molar refractivity (Wildman–Crippen MR) is 118 cm³/mol. The van der Waals surface area contributed by atoms with E-state index in [1.807, 2.05) is 12.1 Å². The fourth-order valence-corrected chi connectivity index (χ4v) is 4.27. The molecule has 2 aliphatic rings. The second kappa shape index (κ2) is 10.1. The maximum atomic E-state index is 12.3. The first-order valence-corrected chi connectivity index (χ1v) is 11.4. The molecule has 30 heavy (non-hydrogen) atoms. The smallest absolute Gasteiger partial charge is 0.316 e. The molecular weight excluding hydrogens is 378 g/mol. The van der Waals surface area contributed by atoms with E-state index < -0.39 is 0 Å². The van der Waals surface area contributed by atoms with Crippen LogP contribution in [0, 0.1) is 5.92 Å². The molecule has 1 amide bonds. The number of rotatable bonds is 7. The van der Waals surface area contributed by atoms with E-state index in [1.165, 1.54) is 50.9 Å². The van der Waals surface area contributed by atoms with Gasteiger partial charge in [-0.1, -0.05) is 12.1 Å². The molecule has 2 aromatic rings. The van der Waals surface area contributed by atoms with Gasteiger partial charge in [-0.05, 0) is 88.3 Å². The van der Waals surface area contributed by atoms with Crippen LogP contribution in [-0.2, 0) is 0 Å². The van der Waals surface area contributed by atoms with Gasteiger partial charge in [0, 0.05) is 30.9 Å². The number of nitrogens with zero attached hydrogens (tertiary/aromatic N) is 4. The number of likely N-dealkylation sites (tertiary alicyclic amines) is 1. The Morgan fingerprint density at radius 3 is 2.57 bits per heavy atom. The Kier molecular flexibility index (Phi) is 7.00. The van der Waals surface area contributed by atoms with Crippen LogP contribution in [0.15, 0.2) is 28.8 Å². The highest BCUT2D eigenvalue weighted by atomic mass is 16.5. The number of nitrogens with one attached hydrogen (secondary N) is 1. The first kappa shape index (κ1) is 20.8. The van der Waals surface area contributed by atoms with Crippen molar-refractivity contribution in [2.24, 2.45) is 5.92 Å². The minimum atomic E-state index is -0.300. The average molecular weight is 412 g/mol. The quantitative estimate of drug-likeness (QED) is 0.702. The summed E-state index contributed by atoms with van der Waals surface area (Å²) in [7, 11) is 0. The molecule has 1 aromatic heterocycles. The molecule has 4 rings (SSSR count). The van der Waals surface area contributed by atoms with Crippen molar-refractivity contribution in [1.29, 1.82) is 0 Å². The number of aromatic nitrogens is 2. The number of carbonyl (C=O) groups is 1. The first-order valence-electron chi connectivity index (χ1n) is 11.4. The number of piperidine rings is 2. The van der Waals surface area contributed by atoms with E-state index in [0.29, 0.717) is 12.4 Å². The van der Waals surface area contributed by atoms with Crippen LogP contribution in [0.1, 0.15) is 56.1 Å². The van der Waals surface area contributed by atoms with Gasteiger partial charge in [0.1, 0.15) is 0 Å². The predicted octanol–water partition coefficient (Wildman–Crippen LogP) is 3.58. The first-order chi connectivity index (χ1) is 14.7. The second-order valence-electron chi connectivity index (χ2n) is 8.65. The van der Waals surface area contributed by atoms with Crippen LogP contribution in [0.4, 0.5) is 5.69 Å². The zero-order valence-corrected chi connectivity index (χ0v) is 18.0. The van der Waals surface area contributed by atoms with Crippen molar-refractivity contribution in [1.82, 2.24) is 20.4 Å². The standard InChI is InChI=1S/C23H33N5O2/c1-18-10-16-27(17-11-18)13-5-12-24-22(29)23-25-21(26-30-23)19-6-8-20(9-7-19)28-14-3-2-4-15-28/h6-9,18H,2-5,10-17H2,1H3,(H,24,29). The maximum Gasteiger partial charge on any atom is 0.316 e. The van der Waals surface area contributed by atoms with Gasteiger partial charge in [0.05, 0.1) is 0 Å². The summed E-state index contributed by atoms with van der Waals surface area (Å²) in [6, 6.07) is 8.18. The van der Waals surface area contributed by atoms with Crippen molar-refractivity contribution in [3.63, 3.8) is 0 Å². The number of amides is 1. The number of anilines is 1. The Hall–Kier alpha value is -2.41. The summed E-state index contributed by atoms with van der Waals surface area (Å²) in [5.41, 5.74) is 2.08. The van der Waals surface area contributed by atoms with Gasteiger partial charge in [-0.25, -0.2) is 0 Å². The van der Waals surface area contributed by atoms with E-state index in [9.17, 15) is 4.79 Å². The third-order valence-corrected chi connectivity index (χ3v) is 6.28. The molecule has 0 saturated carbocycles. The summed E-state index contributed by atoms with van der Waals surface area (Å²) >= 11 is 0. The van der Waals surface area contributed by atoms with Crippen LogP contribution in [0.5, 0.6) is 0 Å². The third-order valence-electron chi connectivity index (χ3n) is 6.28. The molecule has 0 bridgehead atoms. The SMILES string of the molecule is CC1CCN(CCCNC(=O)c2nc(-c3ccc(N4CCCCC4)cc3)no2)CC1. The number of hydrogen-bond acceptors (Lipinski definition) is 6. The van der Waals surface area contributed by atoms with Crippen LogP contribution in [0.3, 0.4) is 0 Å². The molecule has 1 N–H and O–H groups in total. The lowest BCUT2D eigenvalue weighted by Gasteiger charge is -2.30. The minimum absolute atomic E-state index is 0.0249. The number of carbonyl (C=O) groups excluding carboxylic acids is 1. The number of benzene rings is 1. The topological polar surface area (TPSA) is 74.5 Å². The van der Waals surface area contributed by atoms with E-state index in [-0.39, 0.29) is 11.8 Å². The maximum absolute atomic E-state index is 12.3. The van der Waals surface area contributed by atoms with Gasteiger partial charge in [0.15, 0.2) is 0 Å². The second-order valence-corrected chi connectivity index (χ2v) is 8.65. The summed E-state index contributed by atoms with van der Waals surface area (Å²) in [6.07, 6.45) is 7.30. The molecule has 162 valence electrons. The van der Waals surface area contributed by atoms with E-state index >= 15 is 0 Å². The monoisotopic (exact) mass is 411 g/mol. The van der Waals surface area contributed by atoms with Gasteiger partial charge in [-0.15, -0.1) is 0 Å². The van der Waals surface area contributed by atoms with Crippen molar-refractivity contribution in [2.75, 3.05) is 44.2 Å². The van der Waals surface area contributed by atoms with E-state index in [0.717, 1.165) is 37.5 Å². The van der Waals surface area contributed by atoms with Crippen molar-refractivity contribution >= 4 is 11.6 Å². The van der Waals surface area contributed by atoms with Gasteiger partial charge in [-0.3, -0.25) is 4.79 Å². The average Bonchev–Trinajstić information content (AvgIpc) is 3.29. The Labute approximate surface area is 178 Å². The van der Waals surface area contributed by atoms with Crippen LogP contribution >= 0.6 is 0 Å². The van der Waals surface area contributed by atoms with Gasteiger partial charge in [-0.2, -0.15) is 4.98 Å². The van der Waals surface area contributed by atoms with E-state index in [4.69, 9.17) is 4.52 Å². The molecule has 0 radical (unpaired) electrons. The van der Waals surface area contributed by atoms with Gasteiger partial charge in [0.25, 0.3) is 0 Å². The van der Waals surface area contributed by atoms with E-state index in [2.05, 4.69) is 44.3 Å². The minimum Gasteiger partial charge on any atom is -0.372 e. The highest BCUT2D eigenvalue weighted by Gasteiger charge is 2.18. The lowest BCUT2D eigenvalue weighted by molar-refractivity contribution is 0.0907. The Bertz CT molecular complexity index is 805. The molecule has 0 spiro atoms. The highest BCUT2D eigenvalue weighted by molar-refractivity contribution is 5.89. The molecule has 2 fully saturated rings. The van der Waals surface area contributed by atoms with Crippen LogP contribution in [0.25, 0.3) is 11.4 Å². The van der Waals surface area contributed by atoms with Crippen molar-refractivity contribution < 1.29 is 9.32 Å². The molecule has 0 atom stereocenters. The molecular formula is C23H33N5O2. The Balaban J connectivity index is 1.24. The fraction of sp³-hybridized carbons (Fsp3) is 0.609. The summed E-state index contributed by atoms with van der Waals surface area (Å²) in [4.78, 5) is 21.5. The van der Waals surface area contributed by atoms with Crippen LogP contribution in [0.2, 0.25) is 0 Å². The summed E-state index contributed by atoms with van der Waals surface area (Å²) in [5, 5.41) is 6.89. The molecule has 1 aromatic carbocycles. The van der Waals surface area contributed by atoms with Crippen LogP contribution in [-0.4, -0.2) is 60.2 Å². The normalized spacial score (nSPS) is 18.5. The van der Waals surface area contributed by atoms with Crippen molar-refractivity contribution in [2.45, 2.75) is 45.4 Å². The molecule has 3 heterocycles. The van der Waals surface area contributed by atoms with Gasteiger partial charge >= 0.3 is 11.8 Å². The largest absolute Gasteiger partial charge is 0.372 e. The van der Waals surface area contributed by atoms with Crippen molar-refractivity contribution in [3.8, 4) is 11.4 Å². The summed E-state index contributed by atoms with van der Waals surface area (Å²) in [6.45, 7) is 8.51. The summed E-state index contributed by atoms with van der Waals surface area (Å²) < 4.78 is 5.19. The Morgan fingerprint density at radius 2 is 1.83 bits per heavy atom. The molecule has 7 heteroatoms. The molecule has 0 aliphatic carbocycles. The van der Waals surface area contributed by atoms with Gasteiger partial charge in [0.2, 0.25) is 5.82 Å². The van der Waals surface area contributed by atoms with Gasteiger partial charge < -0.3 is 19.6 Å². The molecule has 7 nitrogen and oxygen atoms in total. The zero-order valence-electron chi connectivity index (χ0n) is 18.0. The highest BCUT2D eigenvalue weighted by Crippen LogP contribution is 2.23. The van der Waals surface area contributed by atoms with E-state index in [1.54, 1.807) is 0 Å².